The van der Waals surface area contributed by atoms with E-state index in [1.54, 1.807) is 146 Å². The Hall–Kier alpha value is -10.6. The summed E-state index contributed by atoms with van der Waals surface area (Å²) in [6.07, 6.45) is -15.7. The minimum atomic E-state index is -2.85. The Kier molecular flexibility index (Phi) is 19.4. The number of ether oxygens (including phenoxy) is 11. The zero-order chi connectivity index (χ0) is 60.5. The molecule has 9 atom stereocenters. The largest absolute Gasteiger partial charge is 0.459 e. The van der Waals surface area contributed by atoms with E-state index in [2.05, 4.69) is 0 Å². The molecule has 2 saturated heterocycles. The van der Waals surface area contributed by atoms with Crippen molar-refractivity contribution >= 4 is 47.8 Å². The maximum absolute atomic E-state index is 14.7. The monoisotopic (exact) mass is 1170 g/mol. The molecule has 0 aromatic heterocycles. The fourth-order valence-corrected chi connectivity index (χ4v) is 9.49. The Morgan fingerprint density at radius 1 is 0.299 bits per heavy atom. The van der Waals surface area contributed by atoms with E-state index in [4.69, 9.17) is 52.1 Å². The quantitative estimate of drug-likeness (QED) is 0.0480. The molecule has 0 spiro atoms. The van der Waals surface area contributed by atoms with E-state index in [1.165, 1.54) is 97.1 Å². The van der Waals surface area contributed by atoms with Crippen molar-refractivity contribution in [2.75, 3.05) is 19.8 Å². The summed E-state index contributed by atoms with van der Waals surface area (Å²) in [6.45, 7) is -2.69. The number of carbonyl (C=O) groups is 8. The molecule has 8 aromatic carbocycles. The highest BCUT2D eigenvalue weighted by Gasteiger charge is 2.65. The van der Waals surface area contributed by atoms with Gasteiger partial charge in [-0.25, -0.2) is 38.4 Å². The molecule has 2 aliphatic rings. The molecule has 87 heavy (non-hydrogen) atoms. The molecule has 19 heteroatoms. The maximum Gasteiger partial charge on any atom is 0.338 e. The molecule has 19 nitrogen and oxygen atoms in total. The van der Waals surface area contributed by atoms with Gasteiger partial charge in [-0.15, -0.1) is 0 Å². The first-order chi connectivity index (χ1) is 42.4. The average molecular weight is 1180 g/mol. The molecule has 10 rings (SSSR count). The van der Waals surface area contributed by atoms with Crippen LogP contribution in [-0.4, -0.2) is 122 Å². The van der Waals surface area contributed by atoms with Gasteiger partial charge in [0.2, 0.25) is 12.1 Å². The minimum absolute atomic E-state index is 0.00940. The van der Waals surface area contributed by atoms with E-state index in [1.807, 2.05) is 0 Å². The highest BCUT2D eigenvalue weighted by Crippen LogP contribution is 2.43. The third-order valence-corrected chi connectivity index (χ3v) is 13.8. The van der Waals surface area contributed by atoms with Gasteiger partial charge in [-0.05, 0) is 97.1 Å². The number of rotatable bonds is 21. The topological polar surface area (TPSA) is 238 Å². The second-order valence-corrected chi connectivity index (χ2v) is 19.6. The van der Waals surface area contributed by atoms with Crippen LogP contribution in [0.1, 0.15) is 82.9 Å². The molecule has 2 heterocycles. The summed E-state index contributed by atoms with van der Waals surface area (Å²) in [4.78, 5) is 115. The predicted octanol–water partition coefficient (Wildman–Crippen LogP) is 9.52. The molecular formula is C68H54O19. The number of benzene rings is 8. The molecule has 2 aliphatic heterocycles. The zero-order valence-corrected chi connectivity index (χ0v) is 46.1. The molecule has 440 valence electrons. The van der Waals surface area contributed by atoms with E-state index in [9.17, 15) is 38.4 Å². The van der Waals surface area contributed by atoms with E-state index < -0.39 is 122 Å². The van der Waals surface area contributed by atoms with Gasteiger partial charge >= 0.3 is 47.8 Å². The first kappa shape index (κ1) is 59.6. The van der Waals surface area contributed by atoms with Gasteiger partial charge in [0, 0.05) is 0 Å². The van der Waals surface area contributed by atoms with Gasteiger partial charge in [0.05, 0.1) is 44.5 Å². The van der Waals surface area contributed by atoms with Crippen molar-refractivity contribution in [3.63, 3.8) is 0 Å². The molecule has 8 aromatic rings. The van der Waals surface area contributed by atoms with Crippen molar-refractivity contribution in [2.24, 2.45) is 0 Å². The van der Waals surface area contributed by atoms with Crippen molar-refractivity contribution in [1.29, 1.82) is 0 Å². The lowest BCUT2D eigenvalue weighted by Crippen LogP contribution is -2.66. The van der Waals surface area contributed by atoms with E-state index in [-0.39, 0.29) is 44.5 Å². The van der Waals surface area contributed by atoms with Gasteiger partial charge in [0.15, 0.2) is 30.5 Å². The van der Waals surface area contributed by atoms with Crippen molar-refractivity contribution in [2.45, 2.75) is 54.8 Å². The summed E-state index contributed by atoms with van der Waals surface area (Å²) in [5, 5.41) is 0. The van der Waals surface area contributed by atoms with Crippen LogP contribution in [0.15, 0.2) is 243 Å². The molecule has 0 aliphatic carbocycles. The Morgan fingerprint density at radius 3 is 0.931 bits per heavy atom. The fourth-order valence-electron chi connectivity index (χ4n) is 9.49. The van der Waals surface area contributed by atoms with Crippen LogP contribution in [0.5, 0.6) is 0 Å². The third kappa shape index (κ3) is 14.8. The van der Waals surface area contributed by atoms with Crippen molar-refractivity contribution in [3.05, 3.63) is 287 Å². The number of hydrogen-bond acceptors (Lipinski definition) is 19. The lowest BCUT2D eigenvalue weighted by atomic mass is 9.97. The van der Waals surface area contributed by atoms with Crippen LogP contribution in [0, 0.1) is 0 Å². The fraction of sp³-hybridized carbons (Fsp3) is 0.176. The Morgan fingerprint density at radius 2 is 0.575 bits per heavy atom. The summed E-state index contributed by atoms with van der Waals surface area (Å²) in [5.41, 5.74) is 0.125. The van der Waals surface area contributed by atoms with Crippen molar-refractivity contribution < 1.29 is 90.5 Å². The van der Waals surface area contributed by atoms with Gasteiger partial charge in [0.1, 0.15) is 32.0 Å². The maximum atomic E-state index is 14.7. The lowest BCUT2D eigenvalue weighted by molar-refractivity contribution is -0.380. The summed E-state index contributed by atoms with van der Waals surface area (Å²) >= 11 is 0. The Labute approximate surface area is 498 Å². The molecule has 0 amide bonds. The van der Waals surface area contributed by atoms with Crippen LogP contribution >= 0.6 is 0 Å². The van der Waals surface area contributed by atoms with Crippen LogP contribution in [0.25, 0.3) is 0 Å². The normalized spacial score (nSPS) is 21.1. The van der Waals surface area contributed by atoms with Crippen LogP contribution < -0.4 is 0 Å². The summed E-state index contributed by atoms with van der Waals surface area (Å²) in [6, 6.07) is 61.6. The number of carbonyl (C=O) groups excluding carboxylic acids is 8. The third-order valence-electron chi connectivity index (χ3n) is 13.8. The number of hydrogen-bond donors (Lipinski definition) is 0. The minimum Gasteiger partial charge on any atom is -0.459 e. The molecular weight excluding hydrogens is 1120 g/mol. The molecule has 0 radical (unpaired) electrons. The molecule has 0 saturated carbocycles. The number of esters is 8. The Balaban J connectivity index is 1.16. The van der Waals surface area contributed by atoms with E-state index in [0.717, 1.165) is 0 Å². The summed E-state index contributed by atoms with van der Waals surface area (Å²) in [5.74, 6) is -10.8. The van der Waals surface area contributed by atoms with Crippen LogP contribution in [0.3, 0.4) is 0 Å². The smallest absolute Gasteiger partial charge is 0.338 e. The predicted molar refractivity (Wildman–Crippen MR) is 306 cm³/mol. The zero-order valence-electron chi connectivity index (χ0n) is 46.1. The van der Waals surface area contributed by atoms with Gasteiger partial charge < -0.3 is 52.1 Å². The highest BCUT2D eigenvalue weighted by molar-refractivity contribution is 5.93. The van der Waals surface area contributed by atoms with Crippen LogP contribution in [0.2, 0.25) is 0 Å². The molecule has 0 N–H and O–H groups in total. The summed E-state index contributed by atoms with van der Waals surface area (Å²) in [7, 11) is 0. The second kappa shape index (κ2) is 28.3. The SMILES string of the molecule is O=C(OCC1O[C@@H](O[C@@]2(COC(=O)c3ccccc3)O[C@H](COC(=O)c3ccccc3)C(OC(=O)c3ccccc3)C2OC(=O)c2ccccc2)C(OC(=O)c2ccccc2)C(OC(=O)c2ccccc2)[C@@H]1OC(=O)c1ccccc1)c1ccccc1. The van der Waals surface area contributed by atoms with Crippen LogP contribution in [-0.2, 0) is 52.1 Å². The van der Waals surface area contributed by atoms with Crippen molar-refractivity contribution in [3.8, 4) is 0 Å². The summed E-state index contributed by atoms with van der Waals surface area (Å²) < 4.78 is 70.1. The van der Waals surface area contributed by atoms with Gasteiger partial charge in [0.25, 0.3) is 0 Å². The van der Waals surface area contributed by atoms with Gasteiger partial charge in [-0.2, -0.15) is 0 Å². The first-order valence-corrected chi connectivity index (χ1v) is 27.4. The van der Waals surface area contributed by atoms with E-state index in [0.29, 0.717) is 0 Å². The first-order valence-electron chi connectivity index (χ1n) is 27.4. The lowest BCUT2D eigenvalue weighted by Gasteiger charge is -2.46. The highest BCUT2D eigenvalue weighted by atomic mass is 16.8. The van der Waals surface area contributed by atoms with Gasteiger partial charge in [-0.1, -0.05) is 146 Å². The van der Waals surface area contributed by atoms with Crippen molar-refractivity contribution in [1.82, 2.24) is 0 Å². The van der Waals surface area contributed by atoms with Crippen LogP contribution in [0.4, 0.5) is 0 Å². The standard InChI is InChI=1S/C68H54O19/c69-59(44-25-9-1-10-26-44)77-41-52-54(81-62(72)47-31-15-4-16-32-47)56(83-64(74)49-35-19-6-20-36-49)57(84-65(75)50-37-21-7-22-38-50)67(80-52)87-68(43-79-61(71)46-29-13-3-14-30-46)58(85-66(76)51-39-23-8-24-40-51)55(82-63(73)48-33-17-5-18-34-48)53(86-68)42-78-60(70)45-27-11-2-12-28-45/h1-40,52-58,67H,41-43H2/t52?,53-,54-,55?,56?,57?,58?,67+,68-/m1/s1. The Bertz CT molecular complexity index is 3640. The molecule has 0 bridgehead atoms. The van der Waals surface area contributed by atoms with E-state index >= 15 is 0 Å². The second-order valence-electron chi connectivity index (χ2n) is 19.6. The van der Waals surface area contributed by atoms with Gasteiger partial charge in [-0.3, -0.25) is 0 Å². The molecule has 5 unspecified atom stereocenters. The average Bonchev–Trinajstić information content (AvgIpc) is 1.83. The molecule has 2 fully saturated rings.